The fourth-order valence-electron chi connectivity index (χ4n) is 3.42. The van der Waals surface area contributed by atoms with E-state index in [4.69, 9.17) is 21.7 Å². The highest BCUT2D eigenvalue weighted by Crippen LogP contribution is 2.33. The number of aromatic amines is 1. The molecule has 2 aromatic carbocycles. The summed E-state index contributed by atoms with van der Waals surface area (Å²) in [6, 6.07) is 13.8. The fourth-order valence-corrected chi connectivity index (χ4v) is 3.69. The lowest BCUT2D eigenvalue weighted by atomic mass is 10.1. The van der Waals surface area contributed by atoms with Crippen LogP contribution in [0.3, 0.4) is 0 Å². The number of ether oxygens (including phenoxy) is 2. The second kappa shape index (κ2) is 8.13. The number of hydrogen-bond donors (Lipinski definition) is 2. The Morgan fingerprint density at radius 3 is 2.79 bits per heavy atom. The number of hydrogen-bond acceptors (Lipinski definition) is 4. The molecule has 0 radical (unpaired) electrons. The molecular formula is C22H23N3O3S. The normalized spacial score (nSPS) is 12.2. The smallest absolute Gasteiger partial charge is 0.253 e. The van der Waals surface area contributed by atoms with Crippen molar-refractivity contribution in [1.29, 1.82) is 0 Å². The Morgan fingerprint density at radius 1 is 1.14 bits per heavy atom. The number of fused-ring (bicyclic) bond motifs is 2. The number of aromatic nitrogens is 1. The van der Waals surface area contributed by atoms with Crippen molar-refractivity contribution in [3.05, 3.63) is 69.5 Å². The molecule has 0 saturated heterocycles. The summed E-state index contributed by atoms with van der Waals surface area (Å²) in [6.07, 6.45) is 0. The van der Waals surface area contributed by atoms with E-state index in [-0.39, 0.29) is 12.4 Å². The summed E-state index contributed by atoms with van der Waals surface area (Å²) in [5.74, 6) is 1.48. The van der Waals surface area contributed by atoms with Gasteiger partial charge in [0.15, 0.2) is 16.6 Å². The maximum Gasteiger partial charge on any atom is 0.253 e. The highest BCUT2D eigenvalue weighted by Gasteiger charge is 2.17. The predicted octanol–water partition coefficient (Wildman–Crippen LogP) is 3.46. The van der Waals surface area contributed by atoms with Gasteiger partial charge >= 0.3 is 0 Å². The zero-order valence-electron chi connectivity index (χ0n) is 16.5. The number of nitrogens with one attached hydrogen (secondary N) is 2. The summed E-state index contributed by atoms with van der Waals surface area (Å²) in [6.45, 7) is 5.94. The zero-order valence-corrected chi connectivity index (χ0v) is 17.3. The average Bonchev–Trinajstić information content (AvgIpc) is 3.16. The molecule has 3 aromatic rings. The molecular weight excluding hydrogens is 386 g/mol. The second-order valence-corrected chi connectivity index (χ2v) is 7.48. The molecule has 0 aliphatic carbocycles. The van der Waals surface area contributed by atoms with Gasteiger partial charge in [0.25, 0.3) is 5.56 Å². The van der Waals surface area contributed by atoms with Crippen molar-refractivity contribution in [3.8, 4) is 11.5 Å². The molecule has 6 nitrogen and oxygen atoms in total. The summed E-state index contributed by atoms with van der Waals surface area (Å²) < 4.78 is 10.9. The Kier molecular flexibility index (Phi) is 5.40. The molecule has 2 heterocycles. The predicted molar refractivity (Wildman–Crippen MR) is 117 cm³/mol. The number of nitrogens with zero attached hydrogens (tertiary/aromatic N) is 1. The van der Waals surface area contributed by atoms with Gasteiger partial charge in [-0.25, -0.2) is 0 Å². The maximum atomic E-state index is 12.7. The van der Waals surface area contributed by atoms with Gasteiger partial charge in [0.2, 0.25) is 6.79 Å². The first kappa shape index (κ1) is 19.3. The Bertz CT molecular complexity index is 1130. The molecule has 150 valence electrons. The molecule has 7 heteroatoms. The van der Waals surface area contributed by atoms with E-state index in [1.807, 2.05) is 55.1 Å². The Morgan fingerprint density at radius 2 is 1.97 bits per heavy atom. The highest BCUT2D eigenvalue weighted by molar-refractivity contribution is 7.80. The lowest BCUT2D eigenvalue weighted by Crippen LogP contribution is -2.39. The van der Waals surface area contributed by atoms with Gasteiger partial charge in [-0.2, -0.15) is 0 Å². The van der Waals surface area contributed by atoms with Crippen LogP contribution in [0, 0.1) is 6.92 Å². The Balaban J connectivity index is 1.63. The Labute approximate surface area is 174 Å². The number of pyridine rings is 1. The molecule has 1 aliphatic heterocycles. The van der Waals surface area contributed by atoms with E-state index in [1.165, 1.54) is 0 Å². The number of thiocarbonyl (C=S) groups is 1. The van der Waals surface area contributed by atoms with Crippen LogP contribution in [0.5, 0.6) is 11.5 Å². The number of rotatable bonds is 5. The zero-order chi connectivity index (χ0) is 20.4. The topological polar surface area (TPSA) is 66.6 Å². The van der Waals surface area contributed by atoms with E-state index in [1.54, 1.807) is 0 Å². The summed E-state index contributed by atoms with van der Waals surface area (Å²) in [5, 5.41) is 4.81. The molecule has 0 spiro atoms. The van der Waals surface area contributed by atoms with Crippen LogP contribution in [-0.4, -0.2) is 28.3 Å². The first-order valence-electron chi connectivity index (χ1n) is 9.57. The minimum atomic E-state index is -0.101. The SMILES string of the molecule is CCNC(=S)N(Cc1ccc2c(c1)OCO2)Cc1cc2cc(C)ccc2[nH]c1=O. The van der Waals surface area contributed by atoms with Crippen molar-refractivity contribution in [1.82, 2.24) is 15.2 Å². The van der Waals surface area contributed by atoms with E-state index in [2.05, 4.69) is 16.4 Å². The van der Waals surface area contributed by atoms with Crippen molar-refractivity contribution in [2.24, 2.45) is 0 Å². The van der Waals surface area contributed by atoms with Crippen LogP contribution >= 0.6 is 12.2 Å². The molecule has 2 N–H and O–H groups in total. The van der Waals surface area contributed by atoms with Crippen molar-refractivity contribution in [2.75, 3.05) is 13.3 Å². The van der Waals surface area contributed by atoms with E-state index in [9.17, 15) is 4.79 Å². The third-order valence-electron chi connectivity index (χ3n) is 4.86. The van der Waals surface area contributed by atoms with E-state index >= 15 is 0 Å². The van der Waals surface area contributed by atoms with E-state index in [0.717, 1.165) is 33.5 Å². The van der Waals surface area contributed by atoms with Crippen molar-refractivity contribution >= 4 is 28.2 Å². The van der Waals surface area contributed by atoms with Gasteiger partial charge in [-0.05, 0) is 67.3 Å². The fraction of sp³-hybridized carbons (Fsp3) is 0.273. The highest BCUT2D eigenvalue weighted by atomic mass is 32.1. The molecule has 0 bridgehead atoms. The number of aryl methyl sites for hydroxylation is 1. The van der Waals surface area contributed by atoms with Gasteiger partial charge in [0, 0.05) is 24.2 Å². The van der Waals surface area contributed by atoms with Crippen LogP contribution in [0.15, 0.2) is 47.3 Å². The number of H-pyrrole nitrogens is 1. The molecule has 29 heavy (non-hydrogen) atoms. The average molecular weight is 410 g/mol. The summed E-state index contributed by atoms with van der Waals surface area (Å²) in [7, 11) is 0. The minimum absolute atomic E-state index is 0.101. The minimum Gasteiger partial charge on any atom is -0.454 e. The third-order valence-corrected chi connectivity index (χ3v) is 5.27. The molecule has 0 saturated carbocycles. The molecule has 4 rings (SSSR count). The molecule has 1 aromatic heterocycles. The second-order valence-electron chi connectivity index (χ2n) is 7.09. The Hall–Kier alpha value is -3.06. The van der Waals surface area contributed by atoms with Crippen LogP contribution < -0.4 is 20.3 Å². The van der Waals surface area contributed by atoms with Crippen LogP contribution in [0.4, 0.5) is 0 Å². The van der Waals surface area contributed by atoms with Gasteiger partial charge in [-0.3, -0.25) is 4.79 Å². The first-order valence-corrected chi connectivity index (χ1v) is 9.98. The lowest BCUT2D eigenvalue weighted by Gasteiger charge is -2.26. The lowest BCUT2D eigenvalue weighted by molar-refractivity contribution is 0.174. The van der Waals surface area contributed by atoms with Crippen molar-refractivity contribution in [3.63, 3.8) is 0 Å². The standard InChI is InChI=1S/C22H23N3O3S/c1-3-23-22(29)25(11-15-5-7-19-20(9-15)28-13-27-19)12-17-10-16-8-14(2)4-6-18(16)24-21(17)26/h4-10H,3,11-13H2,1-2H3,(H,23,29)(H,24,26). The maximum absolute atomic E-state index is 12.7. The monoisotopic (exact) mass is 409 g/mol. The van der Waals surface area contributed by atoms with Gasteiger partial charge in [0.05, 0.1) is 6.54 Å². The summed E-state index contributed by atoms with van der Waals surface area (Å²) in [5.41, 5.74) is 3.58. The van der Waals surface area contributed by atoms with Crippen LogP contribution in [0.25, 0.3) is 10.9 Å². The molecule has 0 amide bonds. The van der Waals surface area contributed by atoms with Crippen molar-refractivity contribution < 1.29 is 9.47 Å². The van der Waals surface area contributed by atoms with Gasteiger partial charge in [-0.1, -0.05) is 17.7 Å². The van der Waals surface area contributed by atoms with Crippen LogP contribution in [0.2, 0.25) is 0 Å². The summed E-state index contributed by atoms with van der Waals surface area (Å²) in [4.78, 5) is 17.6. The van der Waals surface area contributed by atoms with E-state index < -0.39 is 0 Å². The first-order chi connectivity index (χ1) is 14.0. The quantitative estimate of drug-likeness (QED) is 0.629. The van der Waals surface area contributed by atoms with Gasteiger partial charge < -0.3 is 24.7 Å². The third kappa shape index (κ3) is 4.19. The summed E-state index contributed by atoms with van der Waals surface area (Å²) >= 11 is 5.58. The van der Waals surface area contributed by atoms with Crippen LogP contribution in [0.1, 0.15) is 23.6 Å². The molecule has 1 aliphatic rings. The van der Waals surface area contributed by atoms with Crippen LogP contribution in [-0.2, 0) is 13.1 Å². The molecule has 0 atom stereocenters. The largest absolute Gasteiger partial charge is 0.454 e. The number of benzene rings is 2. The molecule has 0 fully saturated rings. The van der Waals surface area contributed by atoms with E-state index in [0.29, 0.717) is 30.3 Å². The van der Waals surface area contributed by atoms with Gasteiger partial charge in [0.1, 0.15) is 0 Å². The van der Waals surface area contributed by atoms with Crippen molar-refractivity contribution in [2.45, 2.75) is 26.9 Å². The molecule has 0 unspecified atom stereocenters. The van der Waals surface area contributed by atoms with Gasteiger partial charge in [-0.15, -0.1) is 0 Å².